The minimum absolute atomic E-state index is 0.0139. The molecule has 1 saturated heterocycles. The van der Waals surface area contributed by atoms with E-state index in [0.29, 0.717) is 0 Å². The Hall–Kier alpha value is -0.900. The third-order valence-corrected chi connectivity index (χ3v) is 3.76. The van der Waals surface area contributed by atoms with Gasteiger partial charge in [0.15, 0.2) is 0 Å². The summed E-state index contributed by atoms with van der Waals surface area (Å²) in [5.41, 5.74) is 0.811. The summed E-state index contributed by atoms with van der Waals surface area (Å²) in [6, 6.07) is 10.5. The first kappa shape index (κ1) is 11.2. The van der Waals surface area contributed by atoms with E-state index in [4.69, 9.17) is 4.74 Å². The van der Waals surface area contributed by atoms with Crippen LogP contribution in [0, 0.1) is 0 Å². The van der Waals surface area contributed by atoms with Crippen LogP contribution >= 0.6 is 0 Å². The van der Waals surface area contributed by atoms with Gasteiger partial charge in [-0.1, -0.05) is 30.3 Å². The smallest absolute Gasteiger partial charge is 0.0989 e. The average molecular weight is 233 g/mol. The summed E-state index contributed by atoms with van der Waals surface area (Å²) in [6.07, 6.45) is 1.81. The Morgan fingerprint density at radius 1 is 1.29 bits per heavy atom. The number of hydrogen-bond donors (Lipinski definition) is 1. The van der Waals surface area contributed by atoms with Crippen LogP contribution in [0.5, 0.6) is 0 Å². The summed E-state index contributed by atoms with van der Waals surface area (Å²) >= 11 is 0. The molecule has 3 heteroatoms. The van der Waals surface area contributed by atoms with Crippen LogP contribution in [-0.4, -0.2) is 41.4 Å². The Balaban J connectivity index is 1.60. The van der Waals surface area contributed by atoms with Crippen molar-refractivity contribution >= 4 is 0 Å². The lowest BCUT2D eigenvalue weighted by Gasteiger charge is -2.35. The fraction of sp³-hybridized carbons (Fsp3) is 0.571. The second-order valence-electron chi connectivity index (χ2n) is 5.18. The van der Waals surface area contributed by atoms with Gasteiger partial charge in [-0.2, -0.15) is 0 Å². The van der Waals surface area contributed by atoms with Crippen LogP contribution in [0.1, 0.15) is 18.4 Å². The van der Waals surface area contributed by atoms with E-state index in [1.165, 1.54) is 5.56 Å². The van der Waals surface area contributed by atoms with E-state index >= 15 is 0 Å². The largest absolute Gasteiger partial charge is 0.387 e. The molecule has 3 nitrogen and oxygen atoms in total. The summed E-state index contributed by atoms with van der Waals surface area (Å²) < 4.78 is 5.68. The lowest BCUT2D eigenvalue weighted by atomic mass is 10.1. The molecule has 1 N–H and O–H groups in total. The summed E-state index contributed by atoms with van der Waals surface area (Å²) in [5.74, 6) is 0. The zero-order valence-corrected chi connectivity index (χ0v) is 10.0. The SMILES string of the molecule is OC1(C2CN(Cc3ccccc3)CCO2)CC1. The van der Waals surface area contributed by atoms with Gasteiger partial charge in [-0.15, -0.1) is 0 Å². The maximum atomic E-state index is 10.1. The van der Waals surface area contributed by atoms with Crippen molar-refractivity contribution < 1.29 is 9.84 Å². The minimum Gasteiger partial charge on any atom is -0.387 e. The number of rotatable bonds is 3. The number of benzene rings is 1. The molecule has 1 saturated carbocycles. The highest BCUT2D eigenvalue weighted by Crippen LogP contribution is 2.41. The molecule has 1 aliphatic heterocycles. The third-order valence-electron chi connectivity index (χ3n) is 3.76. The molecular weight excluding hydrogens is 214 g/mol. The highest BCUT2D eigenvalue weighted by Gasteiger charge is 2.49. The van der Waals surface area contributed by atoms with E-state index in [1.54, 1.807) is 0 Å². The molecular formula is C14H19NO2. The lowest BCUT2D eigenvalue weighted by Crippen LogP contribution is -2.48. The molecule has 0 bridgehead atoms. The molecule has 1 atom stereocenters. The topological polar surface area (TPSA) is 32.7 Å². The number of hydrogen-bond acceptors (Lipinski definition) is 3. The van der Waals surface area contributed by atoms with Gasteiger partial charge in [0.1, 0.15) is 0 Å². The molecule has 0 spiro atoms. The van der Waals surface area contributed by atoms with E-state index < -0.39 is 5.60 Å². The van der Waals surface area contributed by atoms with Crippen molar-refractivity contribution in [3.8, 4) is 0 Å². The maximum Gasteiger partial charge on any atom is 0.0989 e. The van der Waals surface area contributed by atoms with Gasteiger partial charge in [-0.05, 0) is 18.4 Å². The third kappa shape index (κ3) is 2.51. The first-order valence-electron chi connectivity index (χ1n) is 6.36. The molecule has 0 radical (unpaired) electrons. The van der Waals surface area contributed by atoms with Gasteiger partial charge >= 0.3 is 0 Å². The summed E-state index contributed by atoms with van der Waals surface area (Å²) in [4.78, 5) is 2.37. The average Bonchev–Trinajstić information content (AvgIpc) is 3.11. The predicted molar refractivity (Wildman–Crippen MR) is 65.6 cm³/mol. The first-order valence-corrected chi connectivity index (χ1v) is 6.36. The van der Waals surface area contributed by atoms with E-state index in [-0.39, 0.29) is 6.10 Å². The highest BCUT2D eigenvalue weighted by atomic mass is 16.5. The molecule has 92 valence electrons. The van der Waals surface area contributed by atoms with Crippen molar-refractivity contribution in [2.75, 3.05) is 19.7 Å². The molecule has 1 aliphatic carbocycles. The fourth-order valence-corrected chi connectivity index (χ4v) is 2.46. The van der Waals surface area contributed by atoms with Gasteiger partial charge in [-0.25, -0.2) is 0 Å². The van der Waals surface area contributed by atoms with Gasteiger partial charge < -0.3 is 9.84 Å². The summed E-state index contributed by atoms with van der Waals surface area (Å²) in [6.45, 7) is 3.50. The zero-order valence-electron chi connectivity index (χ0n) is 10.0. The van der Waals surface area contributed by atoms with Crippen LogP contribution in [0.15, 0.2) is 30.3 Å². The van der Waals surface area contributed by atoms with Gasteiger partial charge in [0.25, 0.3) is 0 Å². The highest BCUT2D eigenvalue weighted by molar-refractivity contribution is 5.14. The Labute approximate surface area is 102 Å². The van der Waals surface area contributed by atoms with Crippen molar-refractivity contribution in [2.45, 2.75) is 31.1 Å². The van der Waals surface area contributed by atoms with Gasteiger partial charge in [0.2, 0.25) is 0 Å². The van der Waals surface area contributed by atoms with Gasteiger partial charge in [0, 0.05) is 19.6 Å². The minimum atomic E-state index is -0.518. The quantitative estimate of drug-likeness (QED) is 0.857. The van der Waals surface area contributed by atoms with Gasteiger partial charge in [-0.3, -0.25) is 4.90 Å². The summed E-state index contributed by atoms with van der Waals surface area (Å²) in [5, 5.41) is 10.1. The lowest BCUT2D eigenvalue weighted by molar-refractivity contribution is -0.102. The zero-order chi connectivity index (χ0) is 11.7. The normalized spacial score (nSPS) is 27.9. The first-order chi connectivity index (χ1) is 8.26. The molecule has 1 unspecified atom stereocenters. The Morgan fingerprint density at radius 3 is 2.76 bits per heavy atom. The molecule has 2 fully saturated rings. The van der Waals surface area contributed by atoms with E-state index in [1.807, 2.05) is 6.07 Å². The number of aliphatic hydroxyl groups is 1. The number of ether oxygens (including phenoxy) is 1. The molecule has 2 aliphatic rings. The Kier molecular flexibility index (Phi) is 2.90. The molecule has 1 aromatic rings. The van der Waals surface area contributed by atoms with Crippen molar-refractivity contribution in [1.29, 1.82) is 0 Å². The van der Waals surface area contributed by atoms with Crippen LogP contribution in [0.3, 0.4) is 0 Å². The number of nitrogens with zero attached hydrogens (tertiary/aromatic N) is 1. The predicted octanol–water partition coefficient (Wildman–Crippen LogP) is 1.41. The Bertz CT molecular complexity index is 375. The summed E-state index contributed by atoms with van der Waals surface area (Å²) in [7, 11) is 0. The molecule has 0 amide bonds. The van der Waals surface area contributed by atoms with Crippen LogP contribution < -0.4 is 0 Å². The van der Waals surface area contributed by atoms with Crippen molar-refractivity contribution in [1.82, 2.24) is 4.90 Å². The van der Waals surface area contributed by atoms with Crippen LogP contribution in [-0.2, 0) is 11.3 Å². The molecule has 0 aromatic heterocycles. The van der Waals surface area contributed by atoms with Crippen molar-refractivity contribution in [3.63, 3.8) is 0 Å². The standard InChI is InChI=1S/C14H19NO2/c16-14(6-7-14)13-11-15(8-9-17-13)10-12-4-2-1-3-5-12/h1-5,13,16H,6-11H2. The fourth-order valence-electron chi connectivity index (χ4n) is 2.46. The Morgan fingerprint density at radius 2 is 2.06 bits per heavy atom. The molecule has 3 rings (SSSR count). The van der Waals surface area contributed by atoms with Crippen molar-refractivity contribution in [2.24, 2.45) is 0 Å². The molecule has 17 heavy (non-hydrogen) atoms. The van der Waals surface area contributed by atoms with E-state index in [0.717, 1.165) is 39.1 Å². The number of morpholine rings is 1. The monoisotopic (exact) mass is 233 g/mol. The molecule has 1 heterocycles. The second-order valence-corrected chi connectivity index (χ2v) is 5.18. The van der Waals surface area contributed by atoms with Crippen LogP contribution in [0.25, 0.3) is 0 Å². The van der Waals surface area contributed by atoms with Crippen LogP contribution in [0.2, 0.25) is 0 Å². The van der Waals surface area contributed by atoms with Crippen LogP contribution in [0.4, 0.5) is 0 Å². The van der Waals surface area contributed by atoms with Gasteiger partial charge in [0.05, 0.1) is 18.3 Å². The molecule has 1 aromatic carbocycles. The maximum absolute atomic E-state index is 10.1. The van der Waals surface area contributed by atoms with E-state index in [2.05, 4.69) is 29.2 Å². The van der Waals surface area contributed by atoms with E-state index in [9.17, 15) is 5.11 Å². The van der Waals surface area contributed by atoms with Crippen molar-refractivity contribution in [3.05, 3.63) is 35.9 Å². The second kappa shape index (κ2) is 4.41.